The van der Waals surface area contributed by atoms with E-state index in [1.807, 2.05) is 0 Å². The summed E-state index contributed by atoms with van der Waals surface area (Å²) in [6.45, 7) is 6.88. The molecule has 0 saturated carbocycles. The molecule has 110 valence electrons. The Kier molecular flexibility index (Phi) is 6.03. The molecular formula is C15H22N2O3. The van der Waals surface area contributed by atoms with Gasteiger partial charge in [-0.25, -0.2) is 4.79 Å². The van der Waals surface area contributed by atoms with Gasteiger partial charge in [-0.2, -0.15) is 0 Å². The maximum absolute atomic E-state index is 11.4. The van der Waals surface area contributed by atoms with E-state index in [1.165, 1.54) is 22.3 Å². The molecule has 0 bridgehead atoms. The first kappa shape index (κ1) is 16.0. The highest BCUT2D eigenvalue weighted by molar-refractivity contribution is 5.74. The third-order valence-corrected chi connectivity index (χ3v) is 3.13. The van der Waals surface area contributed by atoms with E-state index in [4.69, 9.17) is 5.11 Å². The minimum Gasteiger partial charge on any atom is -0.481 e. The van der Waals surface area contributed by atoms with Crippen LogP contribution in [0.5, 0.6) is 0 Å². The Morgan fingerprint density at radius 3 is 2.15 bits per heavy atom. The van der Waals surface area contributed by atoms with Crippen LogP contribution in [0.2, 0.25) is 0 Å². The Labute approximate surface area is 119 Å². The lowest BCUT2D eigenvalue weighted by atomic mass is 9.97. The summed E-state index contributed by atoms with van der Waals surface area (Å²) in [6, 6.07) is 3.94. The summed E-state index contributed by atoms with van der Waals surface area (Å²) in [7, 11) is 0. The summed E-state index contributed by atoms with van der Waals surface area (Å²) >= 11 is 0. The molecule has 0 unspecified atom stereocenters. The predicted molar refractivity (Wildman–Crippen MR) is 78.0 cm³/mol. The largest absolute Gasteiger partial charge is 0.481 e. The molecule has 20 heavy (non-hydrogen) atoms. The Hall–Kier alpha value is -2.04. The van der Waals surface area contributed by atoms with Crippen molar-refractivity contribution in [3.63, 3.8) is 0 Å². The predicted octanol–water partition coefficient (Wildman–Crippen LogP) is 1.93. The molecule has 0 atom stereocenters. The number of carbonyl (C=O) groups is 2. The maximum Gasteiger partial charge on any atom is 0.314 e. The van der Waals surface area contributed by atoms with Crippen LogP contribution in [0.25, 0.3) is 0 Å². The molecule has 0 saturated heterocycles. The number of rotatable bonds is 6. The number of carbonyl (C=O) groups excluding carboxylic acids is 1. The molecule has 0 aliphatic rings. The molecule has 1 rings (SSSR count). The summed E-state index contributed by atoms with van der Waals surface area (Å²) in [6.07, 6.45) is 0.702. The lowest BCUT2D eigenvalue weighted by Crippen LogP contribution is -2.37. The van der Waals surface area contributed by atoms with E-state index < -0.39 is 5.97 Å². The molecule has 3 N–H and O–H groups in total. The van der Waals surface area contributed by atoms with E-state index in [-0.39, 0.29) is 19.0 Å². The molecule has 5 heteroatoms. The number of aryl methyl sites for hydroxylation is 3. The van der Waals surface area contributed by atoms with E-state index >= 15 is 0 Å². The van der Waals surface area contributed by atoms with Gasteiger partial charge in [-0.05, 0) is 43.9 Å². The monoisotopic (exact) mass is 278 g/mol. The molecule has 0 aliphatic heterocycles. The van der Waals surface area contributed by atoms with E-state index in [2.05, 4.69) is 43.5 Å². The molecule has 0 radical (unpaired) electrons. The SMILES string of the molecule is Cc1cc(C)c(CCNC(=O)NCCC(=O)O)c(C)c1. The van der Waals surface area contributed by atoms with E-state index in [0.29, 0.717) is 6.54 Å². The Morgan fingerprint density at radius 1 is 1.05 bits per heavy atom. The second-order valence-electron chi connectivity index (χ2n) is 4.95. The van der Waals surface area contributed by atoms with Crippen LogP contribution in [0.4, 0.5) is 4.79 Å². The first-order chi connectivity index (χ1) is 9.40. The number of benzene rings is 1. The highest BCUT2D eigenvalue weighted by atomic mass is 16.4. The summed E-state index contributed by atoms with van der Waals surface area (Å²) in [5.74, 6) is -0.920. The van der Waals surface area contributed by atoms with Crippen LogP contribution in [0.3, 0.4) is 0 Å². The van der Waals surface area contributed by atoms with Gasteiger partial charge < -0.3 is 15.7 Å². The van der Waals surface area contributed by atoms with Gasteiger partial charge in [-0.3, -0.25) is 4.79 Å². The summed E-state index contributed by atoms with van der Waals surface area (Å²) in [4.78, 5) is 21.7. The number of aliphatic carboxylic acids is 1. The quantitative estimate of drug-likeness (QED) is 0.744. The molecule has 0 spiro atoms. The van der Waals surface area contributed by atoms with Crippen molar-refractivity contribution in [1.29, 1.82) is 0 Å². The van der Waals surface area contributed by atoms with Gasteiger partial charge in [-0.1, -0.05) is 17.7 Å². The maximum atomic E-state index is 11.4. The van der Waals surface area contributed by atoms with Crippen molar-refractivity contribution in [3.8, 4) is 0 Å². The second-order valence-corrected chi connectivity index (χ2v) is 4.95. The van der Waals surface area contributed by atoms with Crippen molar-refractivity contribution >= 4 is 12.0 Å². The number of nitrogens with one attached hydrogen (secondary N) is 2. The van der Waals surface area contributed by atoms with Gasteiger partial charge in [0.25, 0.3) is 0 Å². The molecule has 1 aromatic rings. The van der Waals surface area contributed by atoms with Crippen LogP contribution in [0.15, 0.2) is 12.1 Å². The summed E-state index contributed by atoms with van der Waals surface area (Å²) in [5, 5.41) is 13.7. The fourth-order valence-corrected chi connectivity index (χ4v) is 2.25. The molecule has 0 fully saturated rings. The molecule has 0 aromatic heterocycles. The van der Waals surface area contributed by atoms with Crippen molar-refractivity contribution in [3.05, 3.63) is 34.4 Å². The van der Waals surface area contributed by atoms with Crippen LogP contribution < -0.4 is 10.6 Å². The van der Waals surface area contributed by atoms with Gasteiger partial charge in [0, 0.05) is 13.1 Å². The third-order valence-electron chi connectivity index (χ3n) is 3.13. The highest BCUT2D eigenvalue weighted by Gasteiger charge is 2.05. The fraction of sp³-hybridized carbons (Fsp3) is 0.467. The number of hydrogen-bond donors (Lipinski definition) is 3. The average molecular weight is 278 g/mol. The number of carboxylic acids is 1. The van der Waals surface area contributed by atoms with E-state index in [0.717, 1.165) is 6.42 Å². The standard InChI is InChI=1S/C15H22N2O3/c1-10-8-11(2)13(12(3)9-10)4-6-16-15(20)17-7-5-14(18)19/h8-9H,4-7H2,1-3H3,(H,18,19)(H2,16,17,20). The Morgan fingerprint density at radius 2 is 1.60 bits per heavy atom. The second kappa shape index (κ2) is 7.53. The van der Waals surface area contributed by atoms with Crippen molar-refractivity contribution in [2.45, 2.75) is 33.6 Å². The highest BCUT2D eigenvalue weighted by Crippen LogP contribution is 2.16. The molecule has 2 amide bonds. The van der Waals surface area contributed by atoms with Gasteiger partial charge in [-0.15, -0.1) is 0 Å². The van der Waals surface area contributed by atoms with E-state index in [1.54, 1.807) is 0 Å². The topological polar surface area (TPSA) is 78.4 Å². The van der Waals surface area contributed by atoms with Crippen LogP contribution >= 0.6 is 0 Å². The van der Waals surface area contributed by atoms with Crippen molar-refractivity contribution in [2.75, 3.05) is 13.1 Å². The van der Waals surface area contributed by atoms with Gasteiger partial charge >= 0.3 is 12.0 Å². The van der Waals surface area contributed by atoms with Gasteiger partial charge in [0.15, 0.2) is 0 Å². The number of hydrogen-bond acceptors (Lipinski definition) is 2. The van der Waals surface area contributed by atoms with Crippen LogP contribution in [-0.4, -0.2) is 30.2 Å². The van der Waals surface area contributed by atoms with Crippen LogP contribution in [0, 0.1) is 20.8 Å². The van der Waals surface area contributed by atoms with Crippen LogP contribution in [-0.2, 0) is 11.2 Å². The van der Waals surface area contributed by atoms with Crippen molar-refractivity contribution in [1.82, 2.24) is 10.6 Å². The smallest absolute Gasteiger partial charge is 0.314 e. The Bertz CT molecular complexity index is 475. The third kappa shape index (κ3) is 5.30. The first-order valence-corrected chi connectivity index (χ1v) is 6.70. The zero-order valence-corrected chi connectivity index (χ0v) is 12.2. The minimum absolute atomic E-state index is 0.0659. The Balaban J connectivity index is 2.37. The molecular weight excluding hydrogens is 256 g/mol. The zero-order chi connectivity index (χ0) is 15.1. The molecule has 0 heterocycles. The lowest BCUT2D eigenvalue weighted by molar-refractivity contribution is -0.136. The van der Waals surface area contributed by atoms with Gasteiger partial charge in [0.2, 0.25) is 0 Å². The number of carboxylic acid groups (broad SMARTS) is 1. The first-order valence-electron chi connectivity index (χ1n) is 6.70. The molecule has 5 nitrogen and oxygen atoms in total. The van der Waals surface area contributed by atoms with Gasteiger partial charge in [0.1, 0.15) is 0 Å². The zero-order valence-electron chi connectivity index (χ0n) is 12.2. The van der Waals surface area contributed by atoms with Gasteiger partial charge in [0.05, 0.1) is 6.42 Å². The number of urea groups is 1. The lowest BCUT2D eigenvalue weighted by Gasteiger charge is -2.12. The summed E-state index contributed by atoms with van der Waals surface area (Å²) < 4.78 is 0. The minimum atomic E-state index is -0.920. The summed E-state index contributed by atoms with van der Waals surface area (Å²) in [5.41, 5.74) is 4.95. The van der Waals surface area contributed by atoms with Crippen molar-refractivity contribution < 1.29 is 14.7 Å². The van der Waals surface area contributed by atoms with E-state index in [9.17, 15) is 9.59 Å². The molecule has 0 aliphatic carbocycles. The van der Waals surface area contributed by atoms with Crippen molar-refractivity contribution in [2.24, 2.45) is 0 Å². The normalized spacial score (nSPS) is 10.2. The van der Waals surface area contributed by atoms with Crippen LogP contribution in [0.1, 0.15) is 28.7 Å². The fourth-order valence-electron chi connectivity index (χ4n) is 2.25. The molecule has 1 aromatic carbocycles. The average Bonchev–Trinajstić information content (AvgIpc) is 2.32. The number of amides is 2.